The van der Waals surface area contributed by atoms with E-state index in [9.17, 15) is 8.42 Å². The number of hydrogen-bond donors (Lipinski definition) is 1. The molecule has 0 spiro atoms. The number of nitrogens with two attached hydrogens (primary N) is 1. The predicted octanol–water partition coefficient (Wildman–Crippen LogP) is 1.94. The Kier molecular flexibility index (Phi) is 3.16. The molecule has 2 N–H and O–H groups in total. The summed E-state index contributed by atoms with van der Waals surface area (Å²) >= 11 is 0. The Hall–Kier alpha value is -1.98. The maximum atomic E-state index is 11.2. The van der Waals surface area contributed by atoms with Crippen molar-refractivity contribution in [1.29, 1.82) is 0 Å². The van der Waals surface area contributed by atoms with E-state index >= 15 is 0 Å². The summed E-state index contributed by atoms with van der Waals surface area (Å²) in [6, 6.07) is 9.58. The van der Waals surface area contributed by atoms with Gasteiger partial charge in [0.2, 0.25) is 10.0 Å². The highest BCUT2D eigenvalue weighted by atomic mass is 32.2. The fourth-order valence-corrected chi connectivity index (χ4v) is 3.07. The summed E-state index contributed by atoms with van der Waals surface area (Å²) in [7, 11) is -3.50. The number of aromatic nitrogens is 1. The average Bonchev–Trinajstić information content (AvgIpc) is 2.55. The Balaban J connectivity index is 2.03. The molecule has 2 aromatic rings. The lowest BCUT2D eigenvalue weighted by Gasteiger charge is -2.08. The Bertz CT molecular complexity index is 795. The second kappa shape index (κ2) is 4.85. The molecule has 0 fully saturated rings. The van der Waals surface area contributed by atoms with E-state index in [4.69, 9.17) is 5.14 Å². The topological polar surface area (TPSA) is 73.1 Å². The van der Waals surface area contributed by atoms with E-state index in [1.165, 1.54) is 0 Å². The van der Waals surface area contributed by atoms with Crippen molar-refractivity contribution >= 4 is 22.2 Å². The van der Waals surface area contributed by atoms with Gasteiger partial charge in [-0.1, -0.05) is 30.3 Å². The molecule has 0 unspecified atom stereocenters. The van der Waals surface area contributed by atoms with E-state index in [1.807, 2.05) is 36.4 Å². The van der Waals surface area contributed by atoms with Crippen LogP contribution >= 0.6 is 0 Å². The van der Waals surface area contributed by atoms with Gasteiger partial charge in [0.1, 0.15) is 0 Å². The summed E-state index contributed by atoms with van der Waals surface area (Å²) in [5.41, 5.74) is 4.98. The van der Waals surface area contributed by atoms with Crippen LogP contribution in [0.4, 0.5) is 0 Å². The molecule has 1 aliphatic carbocycles. The molecule has 0 saturated carbocycles. The van der Waals surface area contributed by atoms with E-state index in [2.05, 4.69) is 4.98 Å². The first kappa shape index (κ1) is 13.0. The highest BCUT2D eigenvalue weighted by molar-refractivity contribution is 7.88. The van der Waals surface area contributed by atoms with Gasteiger partial charge in [0.15, 0.2) is 0 Å². The van der Waals surface area contributed by atoms with Crippen LogP contribution in [0, 0.1) is 0 Å². The number of pyridine rings is 1. The molecule has 3 rings (SSSR count). The smallest absolute Gasteiger partial charge is 0.213 e. The number of sulfonamides is 1. The van der Waals surface area contributed by atoms with Gasteiger partial charge in [0.05, 0.1) is 11.4 Å². The van der Waals surface area contributed by atoms with Crippen LogP contribution in [-0.4, -0.2) is 13.4 Å². The number of hydrogen-bond acceptors (Lipinski definition) is 3. The molecule has 4 nitrogen and oxygen atoms in total. The van der Waals surface area contributed by atoms with Gasteiger partial charge in [0.25, 0.3) is 0 Å². The average molecular weight is 286 g/mol. The van der Waals surface area contributed by atoms with Gasteiger partial charge in [-0.2, -0.15) is 0 Å². The van der Waals surface area contributed by atoms with Crippen LogP contribution in [0.2, 0.25) is 0 Å². The molecule has 1 aromatic carbocycles. The first-order valence-electron chi connectivity index (χ1n) is 6.25. The molecule has 1 heterocycles. The molecule has 0 bridgehead atoms. The minimum absolute atomic E-state index is 0.135. The highest BCUT2D eigenvalue weighted by Crippen LogP contribution is 2.24. The summed E-state index contributed by atoms with van der Waals surface area (Å²) in [6.07, 6.45) is 6.50. The van der Waals surface area contributed by atoms with E-state index < -0.39 is 10.0 Å². The van der Waals surface area contributed by atoms with Crippen molar-refractivity contribution in [3.05, 3.63) is 64.5 Å². The summed E-state index contributed by atoms with van der Waals surface area (Å²) in [6.45, 7) is 0. The summed E-state index contributed by atoms with van der Waals surface area (Å²) < 4.78 is 22.4. The molecule has 5 heteroatoms. The second-order valence-electron chi connectivity index (χ2n) is 4.90. The quantitative estimate of drug-likeness (QED) is 0.782. The van der Waals surface area contributed by atoms with Crippen LogP contribution in [0.15, 0.2) is 36.5 Å². The molecule has 1 aliphatic rings. The Morgan fingerprint density at radius 2 is 2.00 bits per heavy atom. The minimum atomic E-state index is -3.50. The van der Waals surface area contributed by atoms with E-state index in [0.29, 0.717) is 5.56 Å². The van der Waals surface area contributed by atoms with Crippen molar-refractivity contribution in [2.45, 2.75) is 12.2 Å². The Morgan fingerprint density at radius 1 is 1.15 bits per heavy atom. The monoisotopic (exact) mass is 286 g/mol. The van der Waals surface area contributed by atoms with Gasteiger partial charge in [-0.05, 0) is 34.4 Å². The highest BCUT2D eigenvalue weighted by Gasteiger charge is 2.12. The molecular weight excluding hydrogens is 272 g/mol. The number of benzene rings is 1. The van der Waals surface area contributed by atoms with Crippen LogP contribution in [0.5, 0.6) is 0 Å². The molecule has 102 valence electrons. The Labute approximate surface area is 118 Å². The van der Waals surface area contributed by atoms with Crippen molar-refractivity contribution in [2.24, 2.45) is 5.14 Å². The van der Waals surface area contributed by atoms with Crippen molar-refractivity contribution in [3.8, 4) is 0 Å². The minimum Gasteiger partial charge on any atom is -0.257 e. The van der Waals surface area contributed by atoms with E-state index in [-0.39, 0.29) is 5.75 Å². The van der Waals surface area contributed by atoms with Gasteiger partial charge >= 0.3 is 0 Å². The van der Waals surface area contributed by atoms with Crippen LogP contribution in [-0.2, 0) is 22.2 Å². The number of primary sulfonamides is 1. The third-order valence-corrected chi connectivity index (χ3v) is 4.04. The molecule has 0 aliphatic heterocycles. The SMILES string of the molecule is NS(=O)(=O)Cc1ccc2c(c1)Cc1cccnc1C=C2. The Morgan fingerprint density at radius 3 is 2.80 bits per heavy atom. The largest absolute Gasteiger partial charge is 0.257 e. The maximum Gasteiger partial charge on any atom is 0.213 e. The standard InChI is InChI=1S/C15H14N2O2S/c16-20(18,19)10-11-3-4-12-5-6-15-13(2-1-7-17-15)9-14(12)8-11/h1-8H,9-10H2,(H2,16,18,19). The zero-order chi connectivity index (χ0) is 14.2. The van der Waals surface area contributed by atoms with Crippen LogP contribution < -0.4 is 5.14 Å². The first-order chi connectivity index (χ1) is 9.51. The van der Waals surface area contributed by atoms with Gasteiger partial charge in [-0.25, -0.2) is 13.6 Å². The van der Waals surface area contributed by atoms with Gasteiger partial charge in [0, 0.05) is 12.6 Å². The normalized spacial score (nSPS) is 13.4. The molecule has 20 heavy (non-hydrogen) atoms. The lowest BCUT2D eigenvalue weighted by atomic mass is 9.99. The lowest BCUT2D eigenvalue weighted by Crippen LogP contribution is -2.14. The maximum absolute atomic E-state index is 11.2. The van der Waals surface area contributed by atoms with Crippen molar-refractivity contribution in [1.82, 2.24) is 4.98 Å². The molecule has 0 atom stereocenters. The molecule has 1 aromatic heterocycles. The number of nitrogens with zero attached hydrogens (tertiary/aromatic N) is 1. The fourth-order valence-electron chi connectivity index (χ4n) is 2.42. The lowest BCUT2D eigenvalue weighted by molar-refractivity contribution is 0.597. The zero-order valence-corrected chi connectivity index (χ0v) is 11.6. The van der Waals surface area contributed by atoms with Gasteiger partial charge < -0.3 is 0 Å². The van der Waals surface area contributed by atoms with Crippen molar-refractivity contribution in [3.63, 3.8) is 0 Å². The van der Waals surface area contributed by atoms with Gasteiger partial charge in [-0.3, -0.25) is 4.98 Å². The van der Waals surface area contributed by atoms with Crippen LogP contribution in [0.3, 0.4) is 0 Å². The number of fused-ring (bicyclic) bond motifs is 2. The van der Waals surface area contributed by atoms with Crippen LogP contribution in [0.1, 0.15) is 27.9 Å². The van der Waals surface area contributed by atoms with Crippen LogP contribution in [0.25, 0.3) is 12.2 Å². The van der Waals surface area contributed by atoms with E-state index in [1.54, 1.807) is 12.3 Å². The zero-order valence-electron chi connectivity index (χ0n) is 10.8. The third kappa shape index (κ3) is 2.79. The van der Waals surface area contributed by atoms with Crippen molar-refractivity contribution < 1.29 is 8.42 Å². The second-order valence-corrected chi connectivity index (χ2v) is 6.51. The molecule has 0 radical (unpaired) electrons. The fraction of sp³-hybridized carbons (Fsp3) is 0.133. The summed E-state index contributed by atoms with van der Waals surface area (Å²) in [5, 5.41) is 5.10. The summed E-state index contributed by atoms with van der Waals surface area (Å²) in [4.78, 5) is 4.34. The van der Waals surface area contributed by atoms with Gasteiger partial charge in [-0.15, -0.1) is 0 Å². The first-order valence-corrected chi connectivity index (χ1v) is 7.97. The molecule has 0 saturated heterocycles. The van der Waals surface area contributed by atoms with Crippen molar-refractivity contribution in [2.75, 3.05) is 0 Å². The summed E-state index contributed by atoms with van der Waals surface area (Å²) in [5.74, 6) is -0.135. The molecule has 0 amide bonds. The number of rotatable bonds is 2. The third-order valence-electron chi connectivity index (χ3n) is 3.30. The molecular formula is C15H14N2O2S. The van der Waals surface area contributed by atoms with E-state index in [0.717, 1.165) is 28.8 Å². The predicted molar refractivity (Wildman–Crippen MR) is 79.2 cm³/mol.